The van der Waals surface area contributed by atoms with E-state index in [1.54, 1.807) is 24.3 Å². The van der Waals surface area contributed by atoms with Crippen molar-refractivity contribution < 1.29 is 14.0 Å². The van der Waals surface area contributed by atoms with Crippen molar-refractivity contribution in [2.75, 3.05) is 19.6 Å². The van der Waals surface area contributed by atoms with Crippen LogP contribution in [0.15, 0.2) is 53.5 Å². The lowest BCUT2D eigenvalue weighted by Crippen LogP contribution is -2.52. The summed E-state index contributed by atoms with van der Waals surface area (Å²) in [5.74, 6) is -0.641. The van der Waals surface area contributed by atoms with Crippen molar-refractivity contribution >= 4 is 29.1 Å². The molecule has 2 heterocycles. The molecule has 2 aliphatic heterocycles. The lowest BCUT2D eigenvalue weighted by Gasteiger charge is -2.36. The Morgan fingerprint density at radius 1 is 1.13 bits per heavy atom. The molecule has 0 unspecified atom stereocenters. The van der Waals surface area contributed by atoms with Crippen molar-refractivity contribution in [3.63, 3.8) is 0 Å². The maximum Gasteiger partial charge on any atom is 0.272 e. The van der Waals surface area contributed by atoms with Gasteiger partial charge >= 0.3 is 0 Å². The Balaban J connectivity index is 1.30. The fourth-order valence-electron chi connectivity index (χ4n) is 3.75. The van der Waals surface area contributed by atoms with Gasteiger partial charge in [0.15, 0.2) is 0 Å². The molecule has 0 bridgehead atoms. The van der Waals surface area contributed by atoms with E-state index in [9.17, 15) is 14.0 Å². The van der Waals surface area contributed by atoms with Crippen LogP contribution in [0.3, 0.4) is 0 Å². The zero-order valence-electron chi connectivity index (χ0n) is 16.3. The van der Waals surface area contributed by atoms with E-state index in [2.05, 4.69) is 20.5 Å². The Labute approximate surface area is 179 Å². The minimum atomic E-state index is -0.642. The van der Waals surface area contributed by atoms with Crippen molar-refractivity contribution in [2.45, 2.75) is 25.0 Å². The van der Waals surface area contributed by atoms with E-state index < -0.39 is 5.66 Å². The topological polar surface area (TPSA) is 73.8 Å². The van der Waals surface area contributed by atoms with E-state index in [-0.39, 0.29) is 17.6 Å². The third-order valence-electron chi connectivity index (χ3n) is 5.46. The van der Waals surface area contributed by atoms with Crippen LogP contribution in [0.25, 0.3) is 0 Å². The van der Waals surface area contributed by atoms with E-state index in [4.69, 9.17) is 11.6 Å². The molecule has 0 aliphatic carbocycles. The predicted molar refractivity (Wildman–Crippen MR) is 113 cm³/mol. The molecule has 6 nitrogen and oxygen atoms in total. The molecular weight excluding hydrogens is 407 g/mol. The second-order valence-corrected chi connectivity index (χ2v) is 8.07. The van der Waals surface area contributed by atoms with Crippen molar-refractivity contribution in [3.05, 3.63) is 70.5 Å². The number of nitrogens with one attached hydrogen (secondary N) is 2. The van der Waals surface area contributed by atoms with Crippen LogP contribution in [-0.2, 0) is 16.1 Å². The van der Waals surface area contributed by atoms with Crippen molar-refractivity contribution in [3.8, 4) is 0 Å². The molecule has 1 spiro atoms. The number of hydrogen-bond donors (Lipinski definition) is 2. The van der Waals surface area contributed by atoms with Gasteiger partial charge < -0.3 is 10.6 Å². The van der Waals surface area contributed by atoms with Crippen LogP contribution in [0.5, 0.6) is 0 Å². The second-order valence-electron chi connectivity index (χ2n) is 7.63. The van der Waals surface area contributed by atoms with E-state index in [1.807, 2.05) is 12.1 Å². The SMILES string of the molecule is O=C(CN1CCC2(CC1)N=C(c1ccc(F)cc1)C(=O)N2)NCc1ccc(Cl)cc1. The number of piperidine rings is 1. The van der Waals surface area contributed by atoms with Crippen molar-refractivity contribution in [2.24, 2.45) is 4.99 Å². The Kier molecular flexibility index (Phi) is 5.83. The van der Waals surface area contributed by atoms with Gasteiger partial charge in [0.25, 0.3) is 5.91 Å². The van der Waals surface area contributed by atoms with Crippen LogP contribution in [0.1, 0.15) is 24.0 Å². The summed E-state index contributed by atoms with van der Waals surface area (Å²) in [6.45, 7) is 2.05. The van der Waals surface area contributed by atoms with E-state index in [1.165, 1.54) is 12.1 Å². The van der Waals surface area contributed by atoms with Crippen LogP contribution in [0.4, 0.5) is 4.39 Å². The van der Waals surface area contributed by atoms with E-state index >= 15 is 0 Å². The second kappa shape index (κ2) is 8.53. The number of amides is 2. The van der Waals surface area contributed by atoms with Gasteiger partial charge in [0.1, 0.15) is 17.2 Å². The Bertz CT molecular complexity index is 968. The highest BCUT2D eigenvalue weighted by atomic mass is 35.5. The van der Waals surface area contributed by atoms with Gasteiger partial charge in [-0.3, -0.25) is 19.5 Å². The lowest BCUT2D eigenvalue weighted by molar-refractivity contribution is -0.123. The number of aliphatic imine (C=N–C) groups is 1. The summed E-state index contributed by atoms with van der Waals surface area (Å²) in [6, 6.07) is 13.1. The molecule has 2 aromatic rings. The molecule has 30 heavy (non-hydrogen) atoms. The fraction of sp³-hybridized carbons (Fsp3) is 0.318. The number of likely N-dealkylation sites (tertiary alicyclic amines) is 1. The molecule has 156 valence electrons. The molecule has 0 aromatic heterocycles. The van der Waals surface area contributed by atoms with Gasteiger partial charge in [0, 0.05) is 43.1 Å². The number of benzene rings is 2. The molecule has 2 aromatic carbocycles. The van der Waals surface area contributed by atoms with Crippen molar-refractivity contribution in [1.29, 1.82) is 0 Å². The highest BCUT2D eigenvalue weighted by molar-refractivity contribution is 6.46. The van der Waals surface area contributed by atoms with Crippen LogP contribution in [0, 0.1) is 5.82 Å². The number of halogens is 2. The normalized spacial score (nSPS) is 18.2. The van der Waals surface area contributed by atoms with Crippen molar-refractivity contribution in [1.82, 2.24) is 15.5 Å². The first-order valence-electron chi connectivity index (χ1n) is 9.84. The quantitative estimate of drug-likeness (QED) is 0.768. The molecule has 4 rings (SSSR count). The summed E-state index contributed by atoms with van der Waals surface area (Å²) in [5, 5.41) is 6.56. The Morgan fingerprint density at radius 2 is 1.80 bits per heavy atom. The summed E-state index contributed by atoms with van der Waals surface area (Å²) in [6.07, 6.45) is 1.24. The van der Waals surface area contributed by atoms with Gasteiger partial charge in [-0.05, 0) is 42.0 Å². The number of hydrogen-bond acceptors (Lipinski definition) is 4. The third kappa shape index (κ3) is 4.68. The first-order valence-corrected chi connectivity index (χ1v) is 10.2. The molecule has 8 heteroatoms. The molecule has 2 N–H and O–H groups in total. The molecule has 0 radical (unpaired) electrons. The fourth-order valence-corrected chi connectivity index (χ4v) is 3.87. The first-order chi connectivity index (χ1) is 14.4. The third-order valence-corrected chi connectivity index (χ3v) is 5.71. The summed E-state index contributed by atoms with van der Waals surface area (Å²) in [4.78, 5) is 31.4. The summed E-state index contributed by atoms with van der Waals surface area (Å²) in [5.41, 5.74) is 1.29. The summed E-state index contributed by atoms with van der Waals surface area (Å²) < 4.78 is 13.1. The highest BCUT2D eigenvalue weighted by Crippen LogP contribution is 2.28. The smallest absolute Gasteiger partial charge is 0.272 e. The monoisotopic (exact) mass is 428 g/mol. The number of carbonyl (C=O) groups is 2. The standard InChI is InChI=1S/C22H22ClFN4O2/c23-17-5-1-15(2-6-17)13-25-19(29)14-28-11-9-22(10-12-28)26-20(21(30)27-22)16-3-7-18(24)8-4-16/h1-8H,9-14H2,(H,25,29)(H,27,30). The molecular formula is C22H22ClFN4O2. The maximum absolute atomic E-state index is 13.1. The van der Waals surface area contributed by atoms with E-state index in [0.717, 1.165) is 5.56 Å². The minimum absolute atomic E-state index is 0.0492. The van der Waals surface area contributed by atoms with Gasteiger partial charge in [-0.15, -0.1) is 0 Å². The molecule has 1 saturated heterocycles. The number of rotatable bonds is 5. The van der Waals surface area contributed by atoms with E-state index in [0.29, 0.717) is 55.3 Å². The predicted octanol–water partition coefficient (Wildman–Crippen LogP) is 2.51. The molecule has 1 fully saturated rings. The van der Waals surface area contributed by atoms with Gasteiger partial charge in [-0.25, -0.2) is 4.39 Å². The Hall–Kier alpha value is -2.77. The number of nitrogens with zero attached hydrogens (tertiary/aromatic N) is 2. The average molecular weight is 429 g/mol. The average Bonchev–Trinajstić information content (AvgIpc) is 3.06. The first kappa shape index (κ1) is 20.5. The van der Waals surface area contributed by atoms with Crippen LogP contribution in [-0.4, -0.2) is 47.7 Å². The van der Waals surface area contributed by atoms with Crippen LogP contribution in [0.2, 0.25) is 5.02 Å². The summed E-state index contributed by atoms with van der Waals surface area (Å²) >= 11 is 5.87. The lowest BCUT2D eigenvalue weighted by atomic mass is 9.98. The van der Waals surface area contributed by atoms with Crippen LogP contribution < -0.4 is 10.6 Å². The largest absolute Gasteiger partial charge is 0.351 e. The zero-order valence-corrected chi connectivity index (χ0v) is 17.1. The molecule has 2 aliphatic rings. The van der Waals surface area contributed by atoms with Gasteiger partial charge in [0.05, 0.1) is 6.54 Å². The van der Waals surface area contributed by atoms with Gasteiger partial charge in [-0.2, -0.15) is 0 Å². The zero-order chi connectivity index (χ0) is 21.1. The Morgan fingerprint density at radius 3 is 2.47 bits per heavy atom. The van der Waals surface area contributed by atoms with Gasteiger partial charge in [0.2, 0.25) is 5.91 Å². The molecule has 0 atom stereocenters. The minimum Gasteiger partial charge on any atom is -0.351 e. The maximum atomic E-state index is 13.1. The molecule has 0 saturated carbocycles. The number of carbonyl (C=O) groups excluding carboxylic acids is 2. The van der Waals surface area contributed by atoms with Crippen LogP contribution >= 0.6 is 11.6 Å². The summed E-state index contributed by atoms with van der Waals surface area (Å²) in [7, 11) is 0. The molecule has 2 amide bonds. The van der Waals surface area contributed by atoms with Gasteiger partial charge in [-0.1, -0.05) is 23.7 Å². The highest BCUT2D eigenvalue weighted by Gasteiger charge is 2.42.